The van der Waals surface area contributed by atoms with Crippen molar-refractivity contribution in [2.24, 2.45) is 0 Å². The Morgan fingerprint density at radius 2 is 1.70 bits per heavy atom. The highest BCUT2D eigenvalue weighted by Gasteiger charge is 1.88. The number of rotatable bonds is 2. The van der Waals surface area contributed by atoms with E-state index in [-0.39, 0.29) is 5.83 Å². The average Bonchev–Trinajstić information content (AvgIpc) is 1.82. The summed E-state index contributed by atoms with van der Waals surface area (Å²) < 4.78 is 12.6. The van der Waals surface area contributed by atoms with E-state index in [9.17, 15) is 4.39 Å². The first kappa shape index (κ1) is 9.15. The molecule has 0 aromatic carbocycles. The van der Waals surface area contributed by atoms with Gasteiger partial charge in [0.05, 0.1) is 0 Å². The van der Waals surface area contributed by atoms with Crippen LogP contribution in [-0.2, 0) is 0 Å². The standard InChI is InChI=1S/C9H13F/c1-7(2)5-6-9(10)8(3)4/h5-6H,1H2,2-4H3. The van der Waals surface area contributed by atoms with Gasteiger partial charge in [0.25, 0.3) is 0 Å². The third-order valence-corrected chi connectivity index (χ3v) is 0.992. The molecule has 0 bridgehead atoms. The molecule has 0 saturated carbocycles. The van der Waals surface area contributed by atoms with Crippen molar-refractivity contribution < 1.29 is 4.39 Å². The lowest BCUT2D eigenvalue weighted by Gasteiger charge is -1.89. The zero-order valence-electron chi connectivity index (χ0n) is 6.74. The molecule has 0 radical (unpaired) electrons. The SMILES string of the molecule is C=C(C)C=CC(F)=C(C)C. The molecule has 0 amide bonds. The van der Waals surface area contributed by atoms with Crippen LogP contribution in [0.4, 0.5) is 4.39 Å². The van der Waals surface area contributed by atoms with Crippen LogP contribution in [0.5, 0.6) is 0 Å². The average molecular weight is 140 g/mol. The highest BCUT2D eigenvalue weighted by molar-refractivity contribution is 5.23. The summed E-state index contributed by atoms with van der Waals surface area (Å²) in [6.07, 6.45) is 3.08. The maximum Gasteiger partial charge on any atom is 0.121 e. The number of halogens is 1. The van der Waals surface area contributed by atoms with E-state index in [1.807, 2.05) is 6.92 Å². The van der Waals surface area contributed by atoms with Gasteiger partial charge in [0.15, 0.2) is 0 Å². The van der Waals surface area contributed by atoms with Crippen LogP contribution in [0.15, 0.2) is 35.7 Å². The molecule has 0 aliphatic rings. The van der Waals surface area contributed by atoms with Crippen molar-refractivity contribution >= 4 is 0 Å². The summed E-state index contributed by atoms with van der Waals surface area (Å²) >= 11 is 0. The van der Waals surface area contributed by atoms with E-state index in [4.69, 9.17) is 0 Å². The summed E-state index contributed by atoms with van der Waals surface area (Å²) in [5.74, 6) is -0.178. The Morgan fingerprint density at radius 3 is 2.00 bits per heavy atom. The summed E-state index contributed by atoms with van der Waals surface area (Å²) in [7, 11) is 0. The van der Waals surface area contributed by atoms with Gasteiger partial charge in [-0.25, -0.2) is 4.39 Å². The zero-order chi connectivity index (χ0) is 8.15. The van der Waals surface area contributed by atoms with Gasteiger partial charge in [-0.15, -0.1) is 0 Å². The molecular weight excluding hydrogens is 127 g/mol. The Bertz CT molecular complexity index is 181. The minimum atomic E-state index is -0.178. The maximum atomic E-state index is 12.6. The van der Waals surface area contributed by atoms with Crippen molar-refractivity contribution in [2.45, 2.75) is 20.8 Å². The van der Waals surface area contributed by atoms with E-state index in [1.54, 1.807) is 19.9 Å². The smallest absolute Gasteiger partial charge is 0.121 e. The first-order valence-corrected chi connectivity index (χ1v) is 3.20. The van der Waals surface area contributed by atoms with Gasteiger partial charge in [-0.2, -0.15) is 0 Å². The molecule has 0 saturated heterocycles. The van der Waals surface area contributed by atoms with Crippen LogP contribution < -0.4 is 0 Å². The predicted octanol–water partition coefficient (Wildman–Crippen LogP) is 3.38. The van der Waals surface area contributed by atoms with E-state index in [0.717, 1.165) is 5.57 Å². The van der Waals surface area contributed by atoms with E-state index in [0.29, 0.717) is 5.57 Å². The normalized spacial score (nSPS) is 10.0. The van der Waals surface area contributed by atoms with Crippen LogP contribution in [0.1, 0.15) is 20.8 Å². The molecule has 0 spiro atoms. The van der Waals surface area contributed by atoms with Crippen LogP contribution >= 0.6 is 0 Å². The van der Waals surface area contributed by atoms with Gasteiger partial charge in [0.2, 0.25) is 0 Å². The molecule has 56 valence electrons. The Labute approximate surface area is 61.8 Å². The summed E-state index contributed by atoms with van der Waals surface area (Å²) in [5.41, 5.74) is 1.55. The van der Waals surface area contributed by atoms with Gasteiger partial charge in [0.1, 0.15) is 5.83 Å². The summed E-state index contributed by atoms with van der Waals surface area (Å²) in [6, 6.07) is 0. The van der Waals surface area contributed by atoms with Gasteiger partial charge in [-0.1, -0.05) is 18.2 Å². The summed E-state index contributed by atoms with van der Waals surface area (Å²) in [4.78, 5) is 0. The topological polar surface area (TPSA) is 0 Å². The molecule has 0 atom stereocenters. The third-order valence-electron chi connectivity index (χ3n) is 0.992. The monoisotopic (exact) mass is 140 g/mol. The molecule has 1 heteroatoms. The van der Waals surface area contributed by atoms with Gasteiger partial charge in [-0.05, 0) is 32.4 Å². The second kappa shape index (κ2) is 4.04. The van der Waals surface area contributed by atoms with E-state index in [1.165, 1.54) is 6.08 Å². The molecule has 0 aromatic rings. The third kappa shape index (κ3) is 4.07. The lowest BCUT2D eigenvalue weighted by Crippen LogP contribution is -1.71. The fourth-order valence-corrected chi connectivity index (χ4v) is 0.382. The molecule has 0 N–H and O–H groups in total. The van der Waals surface area contributed by atoms with E-state index < -0.39 is 0 Å². The van der Waals surface area contributed by atoms with Crippen molar-refractivity contribution in [1.82, 2.24) is 0 Å². The number of hydrogen-bond donors (Lipinski definition) is 0. The quantitative estimate of drug-likeness (QED) is 0.516. The minimum absolute atomic E-state index is 0.178. The second-order valence-electron chi connectivity index (χ2n) is 2.53. The van der Waals surface area contributed by atoms with Crippen molar-refractivity contribution in [2.75, 3.05) is 0 Å². The Morgan fingerprint density at radius 1 is 1.20 bits per heavy atom. The van der Waals surface area contributed by atoms with Crippen LogP contribution in [0, 0.1) is 0 Å². The van der Waals surface area contributed by atoms with Gasteiger partial charge >= 0.3 is 0 Å². The summed E-state index contributed by atoms with van der Waals surface area (Å²) in [6.45, 7) is 8.91. The lowest BCUT2D eigenvalue weighted by molar-refractivity contribution is 0.654. The maximum absolute atomic E-state index is 12.6. The predicted molar refractivity (Wildman–Crippen MR) is 43.4 cm³/mol. The van der Waals surface area contributed by atoms with Crippen molar-refractivity contribution in [1.29, 1.82) is 0 Å². The van der Waals surface area contributed by atoms with Crippen LogP contribution in [0.2, 0.25) is 0 Å². The lowest BCUT2D eigenvalue weighted by atomic mass is 10.2. The van der Waals surface area contributed by atoms with Gasteiger partial charge in [0, 0.05) is 0 Å². The van der Waals surface area contributed by atoms with Gasteiger partial charge in [-0.3, -0.25) is 0 Å². The van der Waals surface area contributed by atoms with Crippen molar-refractivity contribution in [3.63, 3.8) is 0 Å². The molecule has 0 nitrogen and oxygen atoms in total. The molecule has 0 aliphatic heterocycles. The minimum Gasteiger partial charge on any atom is -0.207 e. The van der Waals surface area contributed by atoms with Gasteiger partial charge < -0.3 is 0 Å². The fraction of sp³-hybridized carbons (Fsp3) is 0.333. The zero-order valence-corrected chi connectivity index (χ0v) is 6.74. The van der Waals surface area contributed by atoms with Crippen LogP contribution in [0.3, 0.4) is 0 Å². The highest BCUT2D eigenvalue weighted by Crippen LogP contribution is 2.06. The molecular formula is C9H13F. The highest BCUT2D eigenvalue weighted by atomic mass is 19.1. The first-order chi connectivity index (χ1) is 4.54. The van der Waals surface area contributed by atoms with Crippen LogP contribution in [0.25, 0.3) is 0 Å². The molecule has 0 heterocycles. The Kier molecular flexibility index (Phi) is 3.70. The molecule has 0 unspecified atom stereocenters. The second-order valence-corrected chi connectivity index (χ2v) is 2.53. The van der Waals surface area contributed by atoms with E-state index >= 15 is 0 Å². The first-order valence-electron chi connectivity index (χ1n) is 3.20. The molecule has 0 rings (SSSR count). The Balaban J connectivity index is 4.16. The molecule has 0 fully saturated rings. The largest absolute Gasteiger partial charge is 0.207 e. The van der Waals surface area contributed by atoms with Crippen molar-refractivity contribution in [3.05, 3.63) is 35.7 Å². The van der Waals surface area contributed by atoms with Crippen molar-refractivity contribution in [3.8, 4) is 0 Å². The summed E-state index contributed by atoms with van der Waals surface area (Å²) in [5, 5.41) is 0. The number of allylic oxidation sites excluding steroid dienone is 5. The Hall–Kier alpha value is -0.850. The number of hydrogen-bond acceptors (Lipinski definition) is 0. The molecule has 0 aliphatic carbocycles. The van der Waals surface area contributed by atoms with E-state index in [2.05, 4.69) is 6.58 Å². The van der Waals surface area contributed by atoms with Crippen LogP contribution in [-0.4, -0.2) is 0 Å². The fourth-order valence-electron chi connectivity index (χ4n) is 0.382. The molecule has 0 aromatic heterocycles. The molecule has 10 heavy (non-hydrogen) atoms.